The molecule has 0 fully saturated rings. The molecule has 1 rings (SSSR count). The highest BCUT2D eigenvalue weighted by Crippen LogP contribution is 2.55. The molecule has 5 nitrogen and oxygen atoms in total. The van der Waals surface area contributed by atoms with E-state index in [1.54, 1.807) is 34.6 Å². The molecule has 0 saturated carbocycles. The molecular weight excluding hydrogens is 313 g/mol. The fraction of sp³-hybridized carbons (Fsp3) is 0.588. The van der Waals surface area contributed by atoms with Gasteiger partial charge in [0.1, 0.15) is 5.66 Å². The van der Waals surface area contributed by atoms with E-state index >= 15 is 0 Å². The van der Waals surface area contributed by atoms with E-state index in [1.807, 2.05) is 30.3 Å². The summed E-state index contributed by atoms with van der Waals surface area (Å²) in [5.74, 6) is -0.314. The van der Waals surface area contributed by atoms with Gasteiger partial charge in [0.05, 0.1) is 12.2 Å². The van der Waals surface area contributed by atoms with Crippen LogP contribution in [0.5, 0.6) is 0 Å². The van der Waals surface area contributed by atoms with Crippen LogP contribution in [0.1, 0.15) is 40.2 Å². The molecule has 1 amide bonds. The summed E-state index contributed by atoms with van der Waals surface area (Å²) in [5, 5.41) is 2.81. The van der Waals surface area contributed by atoms with Crippen molar-refractivity contribution in [2.24, 2.45) is 0 Å². The maximum atomic E-state index is 12.9. The van der Waals surface area contributed by atoms with Crippen molar-refractivity contribution in [3.8, 4) is 0 Å². The monoisotopic (exact) mass is 341 g/mol. The molecule has 0 spiro atoms. The van der Waals surface area contributed by atoms with E-state index in [0.29, 0.717) is 6.54 Å². The summed E-state index contributed by atoms with van der Waals surface area (Å²) in [6.07, 6.45) is 0.165. The van der Waals surface area contributed by atoms with Gasteiger partial charge < -0.3 is 14.4 Å². The molecule has 0 aromatic heterocycles. The van der Waals surface area contributed by atoms with Crippen LogP contribution in [-0.2, 0) is 24.8 Å². The lowest BCUT2D eigenvalue weighted by atomic mass is 10.1. The van der Waals surface area contributed by atoms with Crippen LogP contribution in [0.2, 0.25) is 0 Å². The van der Waals surface area contributed by atoms with Gasteiger partial charge >= 0.3 is 7.60 Å². The van der Waals surface area contributed by atoms with Crippen molar-refractivity contribution in [3.05, 3.63) is 35.9 Å². The predicted octanol–water partition coefficient (Wildman–Crippen LogP) is 3.78. The molecule has 0 heterocycles. The maximum absolute atomic E-state index is 12.9. The minimum atomic E-state index is -3.50. The Morgan fingerprint density at radius 2 is 1.57 bits per heavy atom. The molecule has 1 aromatic rings. The minimum Gasteiger partial charge on any atom is -0.355 e. The molecule has 23 heavy (non-hydrogen) atoms. The molecule has 0 saturated heterocycles. The number of rotatable bonds is 9. The first-order chi connectivity index (χ1) is 10.7. The summed E-state index contributed by atoms with van der Waals surface area (Å²) in [5.41, 5.74) is 0.295. The molecule has 0 aliphatic heterocycles. The van der Waals surface area contributed by atoms with Crippen LogP contribution in [0.4, 0.5) is 0 Å². The quantitative estimate of drug-likeness (QED) is 0.694. The third kappa shape index (κ3) is 6.86. The van der Waals surface area contributed by atoms with E-state index in [1.165, 1.54) is 0 Å². The number of amides is 1. The Morgan fingerprint density at radius 3 is 2.04 bits per heavy atom. The molecule has 6 heteroatoms. The Kier molecular flexibility index (Phi) is 7.97. The Hall–Kier alpha value is -1.16. The van der Waals surface area contributed by atoms with Gasteiger partial charge in [0.25, 0.3) is 0 Å². The molecule has 130 valence electrons. The second-order valence-electron chi connectivity index (χ2n) is 6.05. The van der Waals surface area contributed by atoms with Crippen LogP contribution in [0.15, 0.2) is 30.3 Å². The average molecular weight is 341 g/mol. The van der Waals surface area contributed by atoms with Crippen molar-refractivity contribution in [3.63, 3.8) is 0 Å². The average Bonchev–Trinajstić information content (AvgIpc) is 2.45. The third-order valence-electron chi connectivity index (χ3n) is 3.13. The van der Waals surface area contributed by atoms with Crippen molar-refractivity contribution in [2.75, 3.05) is 6.54 Å². The zero-order valence-corrected chi connectivity index (χ0v) is 15.5. The van der Waals surface area contributed by atoms with Crippen molar-refractivity contribution >= 4 is 13.5 Å². The fourth-order valence-corrected chi connectivity index (χ4v) is 4.03. The summed E-state index contributed by atoms with van der Waals surface area (Å²) in [4.78, 5) is 12.3. The van der Waals surface area contributed by atoms with Gasteiger partial charge in [-0.1, -0.05) is 30.3 Å². The summed E-state index contributed by atoms with van der Waals surface area (Å²) in [6, 6.07) is 9.88. The molecule has 1 unspecified atom stereocenters. The van der Waals surface area contributed by atoms with Crippen LogP contribution < -0.4 is 5.32 Å². The molecule has 1 atom stereocenters. The highest BCUT2D eigenvalue weighted by atomic mass is 31.2. The number of nitrogens with one attached hydrogen (secondary N) is 1. The van der Waals surface area contributed by atoms with E-state index in [9.17, 15) is 9.36 Å². The van der Waals surface area contributed by atoms with Crippen LogP contribution >= 0.6 is 7.60 Å². The molecule has 1 aromatic carbocycles. The van der Waals surface area contributed by atoms with E-state index in [0.717, 1.165) is 12.0 Å². The number of carbonyl (C=O) groups is 1. The molecule has 0 bridgehead atoms. The Labute approximate surface area is 139 Å². The summed E-state index contributed by atoms with van der Waals surface area (Å²) < 4.78 is 23.8. The zero-order valence-electron chi connectivity index (χ0n) is 14.6. The standard InChI is InChI=1S/C17H28NO4P/c1-13(2)21-23(20,22-14(3)4)15(5)17(19)18-12-11-16-9-7-6-8-10-16/h6-10,13-15H,11-12H2,1-5H3,(H,18,19). The first-order valence-corrected chi connectivity index (χ1v) is 9.64. The van der Waals surface area contributed by atoms with Crippen LogP contribution in [0.25, 0.3) is 0 Å². The first kappa shape index (κ1) is 19.9. The van der Waals surface area contributed by atoms with Gasteiger partial charge in [-0.25, -0.2) is 0 Å². The van der Waals surface area contributed by atoms with E-state index in [-0.39, 0.29) is 18.1 Å². The zero-order chi connectivity index (χ0) is 17.5. The number of benzene rings is 1. The lowest BCUT2D eigenvalue weighted by molar-refractivity contribution is -0.120. The molecular formula is C17H28NO4P. The van der Waals surface area contributed by atoms with Gasteiger partial charge in [-0.2, -0.15) is 0 Å². The van der Waals surface area contributed by atoms with Crippen molar-refractivity contribution in [2.45, 2.75) is 58.9 Å². The minimum absolute atomic E-state index is 0.279. The van der Waals surface area contributed by atoms with E-state index in [4.69, 9.17) is 9.05 Å². The maximum Gasteiger partial charge on any atom is 0.343 e. The third-order valence-corrected chi connectivity index (χ3v) is 5.74. The largest absolute Gasteiger partial charge is 0.355 e. The topological polar surface area (TPSA) is 64.6 Å². The highest BCUT2D eigenvalue weighted by molar-refractivity contribution is 7.55. The van der Waals surface area contributed by atoms with Crippen molar-refractivity contribution in [1.82, 2.24) is 5.32 Å². The first-order valence-electron chi connectivity index (χ1n) is 8.02. The Morgan fingerprint density at radius 1 is 1.04 bits per heavy atom. The van der Waals surface area contributed by atoms with Crippen LogP contribution in [-0.4, -0.2) is 30.3 Å². The lowest BCUT2D eigenvalue weighted by Gasteiger charge is -2.27. The van der Waals surface area contributed by atoms with E-state index in [2.05, 4.69) is 5.32 Å². The smallest absolute Gasteiger partial charge is 0.343 e. The van der Waals surface area contributed by atoms with Crippen LogP contribution in [0, 0.1) is 0 Å². The molecule has 0 radical (unpaired) electrons. The predicted molar refractivity (Wildman–Crippen MR) is 92.7 cm³/mol. The lowest BCUT2D eigenvalue weighted by Crippen LogP contribution is -2.35. The summed E-state index contributed by atoms with van der Waals surface area (Å²) >= 11 is 0. The SMILES string of the molecule is CC(C)OP(=O)(OC(C)C)C(C)C(=O)NCCc1ccccc1. The van der Waals surface area contributed by atoms with Gasteiger partial charge in [0, 0.05) is 6.54 Å². The Bertz CT molecular complexity index is 517. The number of hydrogen-bond donors (Lipinski definition) is 1. The van der Waals surface area contributed by atoms with Gasteiger partial charge in [-0.15, -0.1) is 0 Å². The summed E-state index contributed by atoms with van der Waals surface area (Å²) in [7, 11) is -3.50. The second-order valence-corrected chi connectivity index (χ2v) is 8.33. The second kappa shape index (κ2) is 9.21. The van der Waals surface area contributed by atoms with Gasteiger partial charge in [-0.05, 0) is 46.6 Å². The molecule has 0 aliphatic carbocycles. The van der Waals surface area contributed by atoms with Gasteiger partial charge in [0.2, 0.25) is 5.91 Å². The van der Waals surface area contributed by atoms with E-state index < -0.39 is 13.3 Å². The fourth-order valence-electron chi connectivity index (χ4n) is 2.06. The summed E-state index contributed by atoms with van der Waals surface area (Å²) in [6.45, 7) is 9.17. The highest BCUT2D eigenvalue weighted by Gasteiger charge is 2.39. The Balaban J connectivity index is 2.62. The normalized spacial score (nSPS) is 13.3. The van der Waals surface area contributed by atoms with Crippen molar-refractivity contribution in [1.29, 1.82) is 0 Å². The molecule has 1 N–H and O–H groups in total. The van der Waals surface area contributed by atoms with Gasteiger partial charge in [-0.3, -0.25) is 9.36 Å². The van der Waals surface area contributed by atoms with Crippen molar-refractivity contribution < 1.29 is 18.4 Å². The number of carbonyl (C=O) groups excluding carboxylic acids is 1. The van der Waals surface area contributed by atoms with Gasteiger partial charge in [0.15, 0.2) is 0 Å². The van der Waals surface area contributed by atoms with Crippen LogP contribution in [0.3, 0.4) is 0 Å². The number of hydrogen-bond acceptors (Lipinski definition) is 4. The molecule has 0 aliphatic rings.